The number of nitrogens with zero attached hydrogens (tertiary/aromatic N) is 1. The molecule has 0 radical (unpaired) electrons. The summed E-state index contributed by atoms with van der Waals surface area (Å²) >= 11 is 1.57. The van der Waals surface area contributed by atoms with E-state index in [0.717, 1.165) is 5.75 Å². The third kappa shape index (κ3) is 2.64. The van der Waals surface area contributed by atoms with Gasteiger partial charge >= 0.3 is 5.97 Å². The van der Waals surface area contributed by atoms with Gasteiger partial charge in [-0.15, -0.1) is 11.8 Å². The van der Waals surface area contributed by atoms with Gasteiger partial charge < -0.3 is 14.6 Å². The molecule has 0 saturated carbocycles. The van der Waals surface area contributed by atoms with Gasteiger partial charge in [0.25, 0.3) is 0 Å². The molecule has 1 saturated heterocycles. The van der Waals surface area contributed by atoms with Crippen LogP contribution in [0.4, 0.5) is 0 Å². The van der Waals surface area contributed by atoms with Crippen LogP contribution in [0, 0.1) is 0 Å². The number of carbonyl (C=O) groups is 2. The predicted molar refractivity (Wildman–Crippen MR) is 80.9 cm³/mol. The Morgan fingerprint density at radius 3 is 2.64 bits per heavy atom. The SMILES string of the molecule is COc1ccc(OCC2=C(C(=O)O)N3C(=O)CC3SC2)cc1. The Morgan fingerprint density at radius 1 is 1.36 bits per heavy atom. The Kier molecular flexibility index (Phi) is 3.98. The number of hydrogen-bond donors (Lipinski definition) is 1. The fourth-order valence-electron chi connectivity index (χ4n) is 2.43. The van der Waals surface area contributed by atoms with Crippen molar-refractivity contribution in [3.8, 4) is 11.5 Å². The van der Waals surface area contributed by atoms with Crippen LogP contribution in [-0.2, 0) is 9.59 Å². The highest BCUT2D eigenvalue weighted by Crippen LogP contribution is 2.39. The molecule has 1 atom stereocenters. The molecule has 0 spiro atoms. The molecule has 1 amide bonds. The molecule has 1 fully saturated rings. The molecule has 2 aliphatic rings. The number of amides is 1. The number of methoxy groups -OCH3 is 1. The van der Waals surface area contributed by atoms with Crippen molar-refractivity contribution in [1.82, 2.24) is 4.90 Å². The van der Waals surface area contributed by atoms with Crippen molar-refractivity contribution in [3.05, 3.63) is 35.5 Å². The number of β-lactam (4-membered cyclic amide) rings is 1. The second-order valence-electron chi connectivity index (χ2n) is 4.96. The highest BCUT2D eigenvalue weighted by molar-refractivity contribution is 8.00. The van der Waals surface area contributed by atoms with Crippen LogP contribution in [-0.4, -0.2) is 46.7 Å². The maximum absolute atomic E-state index is 11.6. The van der Waals surface area contributed by atoms with Crippen molar-refractivity contribution in [2.45, 2.75) is 11.8 Å². The van der Waals surface area contributed by atoms with E-state index in [2.05, 4.69) is 0 Å². The molecular formula is C15H15NO5S. The first-order valence-electron chi connectivity index (χ1n) is 6.76. The zero-order valence-electron chi connectivity index (χ0n) is 11.9. The number of carboxylic acid groups (broad SMARTS) is 1. The van der Waals surface area contributed by atoms with Gasteiger partial charge in [-0.3, -0.25) is 9.69 Å². The van der Waals surface area contributed by atoms with E-state index >= 15 is 0 Å². The quantitative estimate of drug-likeness (QED) is 0.832. The molecule has 2 aliphatic heterocycles. The average molecular weight is 321 g/mol. The molecule has 1 unspecified atom stereocenters. The maximum atomic E-state index is 11.6. The van der Waals surface area contributed by atoms with E-state index in [-0.39, 0.29) is 23.6 Å². The first kappa shape index (κ1) is 14.8. The lowest BCUT2D eigenvalue weighted by molar-refractivity contribution is -0.146. The minimum atomic E-state index is -1.08. The van der Waals surface area contributed by atoms with Gasteiger partial charge in [-0.2, -0.15) is 0 Å². The van der Waals surface area contributed by atoms with E-state index in [0.29, 0.717) is 23.5 Å². The van der Waals surface area contributed by atoms with Crippen LogP contribution < -0.4 is 9.47 Å². The second kappa shape index (κ2) is 5.92. The molecule has 0 aromatic heterocycles. The van der Waals surface area contributed by atoms with E-state index in [1.807, 2.05) is 0 Å². The number of carboxylic acids is 1. The Balaban J connectivity index is 1.75. The van der Waals surface area contributed by atoms with Crippen molar-refractivity contribution < 1.29 is 24.2 Å². The van der Waals surface area contributed by atoms with Crippen LogP contribution in [0.5, 0.6) is 11.5 Å². The van der Waals surface area contributed by atoms with Crippen LogP contribution in [0.15, 0.2) is 35.5 Å². The van der Waals surface area contributed by atoms with E-state index in [1.54, 1.807) is 43.1 Å². The Hall–Kier alpha value is -2.15. The van der Waals surface area contributed by atoms with Crippen LogP contribution >= 0.6 is 11.8 Å². The lowest BCUT2D eigenvalue weighted by Gasteiger charge is -2.43. The third-order valence-corrected chi connectivity index (χ3v) is 4.88. The summed E-state index contributed by atoms with van der Waals surface area (Å²) < 4.78 is 10.7. The number of ether oxygens (including phenoxy) is 2. The molecule has 116 valence electrons. The van der Waals surface area contributed by atoms with Crippen LogP contribution in [0.25, 0.3) is 0 Å². The van der Waals surface area contributed by atoms with Gasteiger partial charge in [-0.05, 0) is 24.3 Å². The second-order valence-corrected chi connectivity index (χ2v) is 6.12. The highest BCUT2D eigenvalue weighted by atomic mass is 32.2. The van der Waals surface area contributed by atoms with Crippen LogP contribution in [0.2, 0.25) is 0 Å². The fraction of sp³-hybridized carbons (Fsp3) is 0.333. The van der Waals surface area contributed by atoms with Crippen LogP contribution in [0.3, 0.4) is 0 Å². The average Bonchev–Trinajstić information content (AvgIpc) is 2.52. The fourth-order valence-corrected chi connectivity index (χ4v) is 3.68. The molecule has 22 heavy (non-hydrogen) atoms. The van der Waals surface area contributed by atoms with Gasteiger partial charge in [0, 0.05) is 11.3 Å². The summed E-state index contributed by atoms with van der Waals surface area (Å²) in [7, 11) is 1.58. The number of benzene rings is 1. The standard InChI is InChI=1S/C15H15NO5S/c1-20-10-2-4-11(5-3-10)21-7-9-8-22-13-6-12(17)16(13)14(9)15(18)19/h2-5,13H,6-8H2,1H3,(H,18,19). The number of rotatable bonds is 5. The van der Waals surface area contributed by atoms with Gasteiger partial charge in [-0.25, -0.2) is 4.79 Å². The largest absolute Gasteiger partial charge is 0.497 e. The predicted octanol–water partition coefficient (Wildman–Crippen LogP) is 1.72. The van der Waals surface area contributed by atoms with Gasteiger partial charge in [0.2, 0.25) is 5.91 Å². The van der Waals surface area contributed by atoms with Crippen molar-refractivity contribution in [1.29, 1.82) is 0 Å². The summed E-state index contributed by atoms with van der Waals surface area (Å²) in [6.45, 7) is 0.150. The lowest BCUT2D eigenvalue weighted by Crippen LogP contribution is -2.54. The summed E-state index contributed by atoms with van der Waals surface area (Å²) in [5.41, 5.74) is 0.700. The van der Waals surface area contributed by atoms with E-state index in [4.69, 9.17) is 9.47 Å². The summed E-state index contributed by atoms with van der Waals surface area (Å²) in [4.78, 5) is 24.5. The first-order valence-corrected chi connectivity index (χ1v) is 7.81. The topological polar surface area (TPSA) is 76.1 Å². The summed E-state index contributed by atoms with van der Waals surface area (Å²) in [6.07, 6.45) is 0.411. The number of fused-ring (bicyclic) bond motifs is 1. The maximum Gasteiger partial charge on any atom is 0.352 e. The minimum Gasteiger partial charge on any atom is -0.497 e. The molecule has 2 heterocycles. The summed E-state index contributed by atoms with van der Waals surface area (Å²) in [5, 5.41) is 9.34. The zero-order chi connectivity index (χ0) is 15.7. The first-order chi connectivity index (χ1) is 10.6. The number of aliphatic carboxylic acids is 1. The normalized spacial score (nSPS) is 20.3. The van der Waals surface area contributed by atoms with Gasteiger partial charge in [0.05, 0.1) is 18.9 Å². The van der Waals surface area contributed by atoms with Gasteiger partial charge in [-0.1, -0.05) is 0 Å². The van der Waals surface area contributed by atoms with Crippen molar-refractivity contribution >= 4 is 23.6 Å². The van der Waals surface area contributed by atoms with Gasteiger partial charge in [0.1, 0.15) is 23.8 Å². The van der Waals surface area contributed by atoms with E-state index < -0.39 is 5.97 Å². The van der Waals surface area contributed by atoms with Gasteiger partial charge in [0.15, 0.2) is 0 Å². The monoisotopic (exact) mass is 321 g/mol. The molecule has 1 N–H and O–H groups in total. The summed E-state index contributed by atoms with van der Waals surface area (Å²) in [5.74, 6) is 0.690. The lowest BCUT2D eigenvalue weighted by atomic mass is 10.1. The number of carbonyl (C=O) groups excluding carboxylic acids is 1. The van der Waals surface area contributed by atoms with Crippen molar-refractivity contribution in [3.63, 3.8) is 0 Å². The third-order valence-electron chi connectivity index (χ3n) is 3.61. The smallest absolute Gasteiger partial charge is 0.352 e. The van der Waals surface area contributed by atoms with Crippen LogP contribution in [0.1, 0.15) is 6.42 Å². The molecular weight excluding hydrogens is 306 g/mol. The van der Waals surface area contributed by atoms with Crippen molar-refractivity contribution in [2.75, 3.05) is 19.5 Å². The molecule has 0 bridgehead atoms. The summed E-state index contributed by atoms with van der Waals surface area (Å²) in [6, 6.07) is 7.06. The highest BCUT2D eigenvalue weighted by Gasteiger charge is 2.45. The Morgan fingerprint density at radius 2 is 2.05 bits per heavy atom. The number of thioether (sulfide) groups is 1. The van der Waals surface area contributed by atoms with Crippen molar-refractivity contribution in [2.24, 2.45) is 0 Å². The Labute approximate surface area is 131 Å². The minimum absolute atomic E-state index is 0.0386. The van der Waals surface area contributed by atoms with E-state index in [9.17, 15) is 14.7 Å². The zero-order valence-corrected chi connectivity index (χ0v) is 12.8. The molecule has 3 rings (SSSR count). The molecule has 1 aromatic rings. The molecule has 1 aromatic carbocycles. The van der Waals surface area contributed by atoms with E-state index in [1.165, 1.54) is 4.90 Å². The molecule has 7 heteroatoms. The number of hydrogen-bond acceptors (Lipinski definition) is 5. The molecule has 6 nitrogen and oxygen atoms in total. The molecule has 0 aliphatic carbocycles. The Bertz CT molecular complexity index is 640.